The van der Waals surface area contributed by atoms with E-state index in [1.165, 1.54) is 33.4 Å². The number of phenolic OH excluding ortho intramolecular Hbond substituents is 2. The Morgan fingerprint density at radius 1 is 0.236 bits per heavy atom. The summed E-state index contributed by atoms with van der Waals surface area (Å²) in [5, 5.41) is 26.5. The topological polar surface area (TPSA) is 95.8 Å². The van der Waals surface area contributed by atoms with Gasteiger partial charge in [-0.2, -0.15) is 0 Å². The lowest BCUT2D eigenvalue weighted by atomic mass is 9.79. The first-order chi connectivity index (χ1) is 51.3. The Hall–Kier alpha value is -7.84. The summed E-state index contributed by atoms with van der Waals surface area (Å²) >= 11 is 0. The third-order valence-corrected chi connectivity index (χ3v) is 22.9. The molecular weight excluding hydrogens is 1350 g/mol. The standard InChI is InChI=1S/C102H136O8/c1-27-33-105-89-71-43-75-59-85(101(21,22)23)61-77-45-73-57-84(100(18,19)20)58-74(90(73)106-34-28-2)46-78-62-86(102(24,25)26)60-76(44-72(89)56-83(55-71)99(15,16)17)94(78)110-38-32-30-36-108-92-68-40-64-48-79(95(3,4)5)47-63(87(64)103)39-67-51-81(97(9,10)11)53-69(91(67)107-35-29-31-37-109-93(75)77)41-65-49-80(96(6,7)8)50-66(88(65)104)42-70(92)54-82(52-68)98(12,13)14/h47-62,103-104H,27-46H2,1-26H3. The summed E-state index contributed by atoms with van der Waals surface area (Å²) in [6, 6.07) is 37.7. The van der Waals surface area contributed by atoms with Crippen LogP contribution in [0.1, 0.15) is 352 Å². The number of rotatable bonds is 6. The average Bonchev–Trinajstić information content (AvgIpc) is 0.764. The Kier molecular flexibility index (Phi) is 24.2. The highest BCUT2D eigenvalue weighted by Gasteiger charge is 2.34. The predicted molar refractivity (Wildman–Crippen MR) is 459 cm³/mol. The van der Waals surface area contributed by atoms with E-state index < -0.39 is 0 Å². The van der Waals surface area contributed by atoms with E-state index in [4.69, 9.17) is 28.4 Å². The molecule has 20 bridgehead atoms. The van der Waals surface area contributed by atoms with Crippen molar-refractivity contribution in [3.63, 3.8) is 0 Å². The maximum Gasteiger partial charge on any atom is 0.126 e. The van der Waals surface area contributed by atoms with Crippen molar-refractivity contribution in [2.75, 3.05) is 39.6 Å². The molecule has 2 aliphatic carbocycles. The zero-order valence-electron chi connectivity index (χ0n) is 72.7. The molecule has 0 fully saturated rings. The van der Waals surface area contributed by atoms with Gasteiger partial charge >= 0.3 is 0 Å². The van der Waals surface area contributed by atoms with Crippen LogP contribution >= 0.6 is 0 Å². The fourth-order valence-electron chi connectivity index (χ4n) is 15.9. The minimum Gasteiger partial charge on any atom is -0.507 e. The van der Waals surface area contributed by atoms with E-state index in [-0.39, 0.29) is 43.3 Å². The highest BCUT2D eigenvalue weighted by Crippen LogP contribution is 2.49. The van der Waals surface area contributed by atoms with E-state index in [2.05, 4.69) is 277 Å². The van der Waals surface area contributed by atoms with Gasteiger partial charge in [0.2, 0.25) is 0 Å². The van der Waals surface area contributed by atoms with Gasteiger partial charge in [0.25, 0.3) is 0 Å². The molecule has 0 atom stereocenters. The second-order valence-corrected chi connectivity index (χ2v) is 40.9. The first-order valence-electron chi connectivity index (χ1n) is 41.7. The number of ether oxygens (including phenoxy) is 6. The molecule has 0 radical (unpaired) electrons. The lowest BCUT2D eigenvalue weighted by Crippen LogP contribution is -2.18. The van der Waals surface area contributed by atoms with Gasteiger partial charge in [-0.25, -0.2) is 0 Å². The maximum absolute atomic E-state index is 13.2. The number of benzene rings is 8. The fraction of sp³-hybridized carbons (Fsp3) is 0.529. The number of phenols is 2. The van der Waals surface area contributed by atoms with Crippen molar-refractivity contribution in [1.82, 2.24) is 0 Å². The summed E-state index contributed by atoms with van der Waals surface area (Å²) in [6.45, 7) is 62.6. The van der Waals surface area contributed by atoms with Crippen LogP contribution in [0.3, 0.4) is 0 Å². The summed E-state index contributed by atoms with van der Waals surface area (Å²) in [4.78, 5) is 0. The molecule has 0 unspecified atom stereocenters. The highest BCUT2D eigenvalue weighted by atomic mass is 16.5. The molecule has 12 rings (SSSR count). The highest BCUT2D eigenvalue weighted by molar-refractivity contribution is 5.63. The largest absolute Gasteiger partial charge is 0.507 e. The molecule has 592 valence electrons. The van der Waals surface area contributed by atoms with E-state index in [1.807, 2.05) is 0 Å². The molecule has 110 heavy (non-hydrogen) atoms. The molecule has 0 amide bonds. The lowest BCUT2D eigenvalue weighted by molar-refractivity contribution is 0.261. The molecule has 0 saturated carbocycles. The van der Waals surface area contributed by atoms with Gasteiger partial charge in [0.05, 0.1) is 39.6 Å². The van der Waals surface area contributed by atoms with E-state index >= 15 is 0 Å². The van der Waals surface area contributed by atoms with Gasteiger partial charge in [-0.05, 0) is 215 Å². The summed E-state index contributed by atoms with van der Waals surface area (Å²) in [5.74, 6) is 5.88. The number of fused-ring (bicyclic) bond motifs is 12. The van der Waals surface area contributed by atoms with Crippen molar-refractivity contribution in [1.29, 1.82) is 0 Å². The van der Waals surface area contributed by atoms with E-state index in [0.717, 1.165) is 147 Å². The van der Waals surface area contributed by atoms with Crippen LogP contribution in [0.5, 0.6) is 46.0 Å². The summed E-state index contributed by atoms with van der Waals surface area (Å²) < 4.78 is 44.7. The SMILES string of the molecule is CCCOc1c2cc(C(C)(C)C)cc1Cc1cc(C(C)(C)C)cc3c1OCCCCOc1c4cc(C(C)(C)C)cc1Cc1cc(C(C)(C)C)cc(c1O)Cc1cc(C(C)(C)C)cc(c1OCCCCOc1c(cc(C(C)(C)C)cc1Cc1cc(C(C)(C)C)cc(c1OCCC)C3)C2)Cc1cc(C(C)(C)C)cc(c1O)C4. The molecule has 2 N–H and O–H groups in total. The molecule has 0 aromatic heterocycles. The second kappa shape index (κ2) is 32.0. The Morgan fingerprint density at radius 3 is 0.536 bits per heavy atom. The van der Waals surface area contributed by atoms with Crippen molar-refractivity contribution >= 4 is 0 Å². The molecule has 8 nitrogen and oxygen atoms in total. The molecule has 8 aromatic carbocycles. The van der Waals surface area contributed by atoms with Gasteiger partial charge in [-0.15, -0.1) is 0 Å². The molecule has 2 heterocycles. The maximum atomic E-state index is 13.2. The molecule has 8 aromatic rings. The monoisotopic (exact) mass is 1490 g/mol. The van der Waals surface area contributed by atoms with Gasteiger partial charge in [-0.1, -0.05) is 277 Å². The molecule has 0 spiro atoms. The Morgan fingerprint density at radius 2 is 0.382 bits per heavy atom. The van der Waals surface area contributed by atoms with Crippen LogP contribution in [-0.4, -0.2) is 49.9 Å². The quantitative estimate of drug-likeness (QED) is 0.170. The van der Waals surface area contributed by atoms with Crippen LogP contribution in [0, 0.1) is 0 Å². The van der Waals surface area contributed by atoms with Crippen LogP contribution in [0.4, 0.5) is 0 Å². The van der Waals surface area contributed by atoms with E-state index in [9.17, 15) is 10.2 Å². The van der Waals surface area contributed by atoms with Crippen LogP contribution in [-0.2, 0) is 94.7 Å². The lowest BCUT2D eigenvalue weighted by Gasteiger charge is -2.29. The number of aromatic hydroxyl groups is 2. The van der Waals surface area contributed by atoms with Crippen molar-refractivity contribution in [3.8, 4) is 46.0 Å². The predicted octanol–water partition coefficient (Wildman–Crippen LogP) is 25.2. The van der Waals surface area contributed by atoms with E-state index in [1.54, 1.807) is 0 Å². The van der Waals surface area contributed by atoms with Gasteiger partial charge in [0.15, 0.2) is 0 Å². The van der Waals surface area contributed by atoms with Crippen molar-refractivity contribution in [2.45, 2.75) is 313 Å². The Balaban J connectivity index is 1.20. The minimum atomic E-state index is -0.249. The third-order valence-electron chi connectivity index (χ3n) is 22.9. The average molecular weight is 1490 g/mol. The first kappa shape index (κ1) is 83.1. The van der Waals surface area contributed by atoms with Crippen molar-refractivity contribution in [3.05, 3.63) is 231 Å². The minimum absolute atomic E-state index is 0.194. The zero-order valence-corrected chi connectivity index (χ0v) is 72.7. The first-order valence-corrected chi connectivity index (χ1v) is 41.7. The summed E-state index contributed by atoms with van der Waals surface area (Å²) in [6.07, 6.45) is 8.59. The Bertz CT molecular complexity index is 4180. The summed E-state index contributed by atoms with van der Waals surface area (Å²) in [5.41, 5.74) is 24.4. The molecule has 2 aliphatic heterocycles. The van der Waals surface area contributed by atoms with Crippen molar-refractivity contribution < 1.29 is 38.6 Å². The molecule has 0 saturated heterocycles. The van der Waals surface area contributed by atoms with Gasteiger partial charge in [0, 0.05) is 51.4 Å². The van der Waals surface area contributed by atoms with E-state index in [0.29, 0.717) is 128 Å². The summed E-state index contributed by atoms with van der Waals surface area (Å²) in [7, 11) is 0. The van der Waals surface area contributed by atoms with Gasteiger partial charge in [0.1, 0.15) is 46.0 Å². The zero-order chi connectivity index (χ0) is 80.2. The fourth-order valence-corrected chi connectivity index (χ4v) is 15.9. The Labute approximate surface area is 664 Å². The van der Waals surface area contributed by atoms with Crippen molar-refractivity contribution in [2.24, 2.45) is 0 Å². The second-order valence-electron chi connectivity index (χ2n) is 40.9. The number of hydrogen-bond acceptors (Lipinski definition) is 8. The normalized spacial score (nSPS) is 15.3. The van der Waals surface area contributed by atoms with Crippen LogP contribution in [0.15, 0.2) is 97.1 Å². The van der Waals surface area contributed by atoms with Crippen LogP contribution < -0.4 is 28.4 Å². The smallest absolute Gasteiger partial charge is 0.126 e. The molecule has 8 heteroatoms. The third kappa shape index (κ3) is 19.3. The van der Waals surface area contributed by atoms with Crippen LogP contribution in [0.25, 0.3) is 0 Å². The van der Waals surface area contributed by atoms with Gasteiger partial charge in [-0.3, -0.25) is 0 Å². The van der Waals surface area contributed by atoms with Gasteiger partial charge < -0.3 is 38.6 Å². The molecule has 4 aliphatic rings. The number of hydrogen-bond donors (Lipinski definition) is 2. The molecular formula is C102H136O8. The van der Waals surface area contributed by atoms with Crippen LogP contribution in [0.2, 0.25) is 0 Å².